The molecule has 0 aromatic heterocycles. The van der Waals surface area contributed by atoms with Gasteiger partial charge in [0.1, 0.15) is 11.1 Å². The van der Waals surface area contributed by atoms with Crippen molar-refractivity contribution in [1.82, 2.24) is 4.90 Å². The van der Waals surface area contributed by atoms with Gasteiger partial charge in [-0.2, -0.15) is 10.5 Å². The lowest BCUT2D eigenvalue weighted by molar-refractivity contribution is 0.114. The Bertz CT molecular complexity index is 331. The van der Waals surface area contributed by atoms with Crippen LogP contribution < -0.4 is 0 Å². The molecule has 1 rings (SSSR count). The summed E-state index contributed by atoms with van der Waals surface area (Å²) in [6, 6.07) is 4.41. The Labute approximate surface area is 84.5 Å². The Morgan fingerprint density at radius 2 is 2.14 bits per heavy atom. The number of hydrogen-bond donors (Lipinski definition) is 0. The van der Waals surface area contributed by atoms with Gasteiger partial charge in [0.05, 0.1) is 18.7 Å². The van der Waals surface area contributed by atoms with Crippen LogP contribution in [0.15, 0.2) is 4.99 Å². The predicted octanol–water partition coefficient (Wildman–Crippen LogP) is 0.957. The molecule has 0 N–H and O–H groups in total. The third-order valence-electron chi connectivity index (χ3n) is 2.53. The molecule has 14 heavy (non-hydrogen) atoms. The maximum Gasteiger partial charge on any atom is 0.142 e. The summed E-state index contributed by atoms with van der Waals surface area (Å²) in [5.74, 6) is 0. The summed E-state index contributed by atoms with van der Waals surface area (Å²) < 4.78 is 0. The van der Waals surface area contributed by atoms with Crippen LogP contribution >= 0.6 is 0 Å². The van der Waals surface area contributed by atoms with Crippen molar-refractivity contribution in [2.75, 3.05) is 13.1 Å². The highest BCUT2D eigenvalue weighted by molar-refractivity contribution is 5.75. The van der Waals surface area contributed by atoms with Gasteiger partial charge in [0, 0.05) is 12.8 Å². The third kappa shape index (κ3) is 1.62. The highest BCUT2D eigenvalue weighted by Crippen LogP contribution is 2.25. The summed E-state index contributed by atoms with van der Waals surface area (Å²) in [4.78, 5) is 5.98. The van der Waals surface area contributed by atoms with Crippen molar-refractivity contribution in [1.29, 1.82) is 10.5 Å². The number of nitrogens with zero attached hydrogens (tertiary/aromatic N) is 4. The first-order chi connectivity index (χ1) is 6.46. The maximum atomic E-state index is 9.09. The van der Waals surface area contributed by atoms with Gasteiger partial charge >= 0.3 is 0 Å². The van der Waals surface area contributed by atoms with Gasteiger partial charge in [-0.3, -0.25) is 9.89 Å². The van der Waals surface area contributed by atoms with Crippen LogP contribution in [0.4, 0.5) is 0 Å². The molecule has 0 saturated carbocycles. The summed E-state index contributed by atoms with van der Waals surface area (Å²) in [5.41, 5.74) is -1.38. The van der Waals surface area contributed by atoms with Gasteiger partial charge in [0.2, 0.25) is 0 Å². The molecule has 4 nitrogen and oxygen atoms in total. The molecule has 0 radical (unpaired) electrons. The van der Waals surface area contributed by atoms with Crippen molar-refractivity contribution in [3.05, 3.63) is 0 Å². The van der Waals surface area contributed by atoms with Gasteiger partial charge < -0.3 is 0 Å². The molecule has 74 valence electrons. The van der Waals surface area contributed by atoms with Crippen LogP contribution in [0.25, 0.3) is 0 Å². The molecule has 1 unspecified atom stereocenters. The van der Waals surface area contributed by atoms with Crippen LogP contribution in [0, 0.1) is 22.7 Å². The monoisotopic (exact) mass is 190 g/mol. The molecule has 0 saturated heterocycles. The van der Waals surface area contributed by atoms with E-state index in [2.05, 4.69) is 17.1 Å². The van der Waals surface area contributed by atoms with Gasteiger partial charge in [-0.05, 0) is 20.8 Å². The molecule has 1 atom stereocenters. The number of aliphatic imine (C=N–C) groups is 1. The molecular weight excluding hydrogens is 176 g/mol. The molecule has 0 spiro atoms. The molecule has 1 aliphatic heterocycles. The topological polar surface area (TPSA) is 63.2 Å². The first-order valence-corrected chi connectivity index (χ1v) is 4.57. The second-order valence-electron chi connectivity index (χ2n) is 4.12. The van der Waals surface area contributed by atoms with E-state index in [1.165, 1.54) is 0 Å². The summed E-state index contributed by atoms with van der Waals surface area (Å²) >= 11 is 0. The van der Waals surface area contributed by atoms with E-state index in [1.54, 1.807) is 13.1 Å². The van der Waals surface area contributed by atoms with E-state index in [0.29, 0.717) is 13.1 Å². The molecule has 1 aliphatic rings. The zero-order chi connectivity index (χ0) is 10.8. The molecule has 0 aliphatic carbocycles. The molecule has 1 heterocycles. The van der Waals surface area contributed by atoms with Gasteiger partial charge in [-0.25, -0.2) is 0 Å². The minimum atomic E-state index is -0.752. The van der Waals surface area contributed by atoms with Crippen LogP contribution in [0.3, 0.4) is 0 Å². The number of hydrogen-bond acceptors (Lipinski definition) is 4. The highest BCUT2D eigenvalue weighted by atomic mass is 15.3. The van der Waals surface area contributed by atoms with Crippen LogP contribution in [0.1, 0.15) is 20.8 Å². The lowest BCUT2D eigenvalue weighted by Crippen LogP contribution is -2.59. The highest BCUT2D eigenvalue weighted by Gasteiger charge is 2.41. The Morgan fingerprint density at radius 3 is 2.64 bits per heavy atom. The molecule has 0 aromatic carbocycles. The van der Waals surface area contributed by atoms with Crippen molar-refractivity contribution in [2.45, 2.75) is 31.8 Å². The SMILES string of the molecule is CC(C)(C#N)N1CCN=CC1(C)C#N. The Balaban J connectivity index is 3.07. The van der Waals surface area contributed by atoms with E-state index in [4.69, 9.17) is 10.5 Å². The quantitative estimate of drug-likeness (QED) is 0.618. The molecular formula is C10H14N4. The fourth-order valence-corrected chi connectivity index (χ4v) is 1.71. The van der Waals surface area contributed by atoms with Crippen molar-refractivity contribution >= 4 is 6.21 Å². The van der Waals surface area contributed by atoms with E-state index in [-0.39, 0.29) is 0 Å². The molecule has 0 aromatic rings. The van der Waals surface area contributed by atoms with Crippen LogP contribution in [0.2, 0.25) is 0 Å². The van der Waals surface area contributed by atoms with Gasteiger partial charge in [0.15, 0.2) is 0 Å². The average molecular weight is 190 g/mol. The van der Waals surface area contributed by atoms with Crippen molar-refractivity contribution in [3.63, 3.8) is 0 Å². The van der Waals surface area contributed by atoms with Gasteiger partial charge in [0.25, 0.3) is 0 Å². The van der Waals surface area contributed by atoms with Crippen molar-refractivity contribution in [2.24, 2.45) is 4.99 Å². The second-order valence-corrected chi connectivity index (χ2v) is 4.12. The van der Waals surface area contributed by atoms with E-state index in [9.17, 15) is 0 Å². The van der Waals surface area contributed by atoms with Crippen LogP contribution in [-0.4, -0.2) is 35.3 Å². The first kappa shape index (κ1) is 10.7. The number of rotatable bonds is 1. The first-order valence-electron chi connectivity index (χ1n) is 4.57. The maximum absolute atomic E-state index is 9.09. The summed E-state index contributed by atoms with van der Waals surface area (Å²) in [5, 5.41) is 18.1. The Kier molecular flexibility index (Phi) is 2.59. The Hall–Kier alpha value is -1.39. The molecule has 4 heteroatoms. The normalized spacial score (nSPS) is 28.1. The fraction of sp³-hybridized carbons (Fsp3) is 0.700. The summed E-state index contributed by atoms with van der Waals surface area (Å²) in [6.07, 6.45) is 1.63. The molecule has 0 amide bonds. The minimum Gasteiger partial charge on any atom is -0.293 e. The lowest BCUT2D eigenvalue weighted by Gasteiger charge is -2.42. The standard InChI is InChI=1S/C10H14N4/c1-9(2,6-11)14-5-4-13-8-10(14,3)7-12/h8H,4-5H2,1-3H3. The van der Waals surface area contributed by atoms with Gasteiger partial charge in [-0.15, -0.1) is 0 Å². The molecule has 0 fully saturated rings. The van der Waals surface area contributed by atoms with Crippen molar-refractivity contribution in [3.8, 4) is 12.1 Å². The Morgan fingerprint density at radius 1 is 1.50 bits per heavy atom. The predicted molar refractivity (Wildman–Crippen MR) is 53.8 cm³/mol. The summed E-state index contributed by atoms with van der Waals surface area (Å²) in [6.45, 7) is 6.74. The van der Waals surface area contributed by atoms with Crippen LogP contribution in [-0.2, 0) is 0 Å². The van der Waals surface area contributed by atoms with E-state index in [1.807, 2.05) is 18.7 Å². The van der Waals surface area contributed by atoms with Gasteiger partial charge in [-0.1, -0.05) is 0 Å². The van der Waals surface area contributed by atoms with E-state index in [0.717, 1.165) is 0 Å². The van der Waals surface area contributed by atoms with Crippen molar-refractivity contribution < 1.29 is 0 Å². The van der Waals surface area contributed by atoms with E-state index < -0.39 is 11.1 Å². The number of nitriles is 2. The minimum absolute atomic E-state index is 0.628. The lowest BCUT2D eigenvalue weighted by atomic mass is 9.93. The third-order valence-corrected chi connectivity index (χ3v) is 2.53. The smallest absolute Gasteiger partial charge is 0.142 e. The largest absolute Gasteiger partial charge is 0.293 e. The van der Waals surface area contributed by atoms with Crippen LogP contribution in [0.5, 0.6) is 0 Å². The average Bonchev–Trinajstić information content (AvgIpc) is 2.18. The fourth-order valence-electron chi connectivity index (χ4n) is 1.71. The summed E-state index contributed by atoms with van der Waals surface area (Å²) in [7, 11) is 0. The zero-order valence-electron chi connectivity index (χ0n) is 8.78. The second kappa shape index (κ2) is 3.40. The van der Waals surface area contributed by atoms with E-state index >= 15 is 0 Å². The zero-order valence-corrected chi connectivity index (χ0v) is 8.78. The molecule has 0 bridgehead atoms.